The molecule has 0 fully saturated rings. The van der Waals surface area contributed by atoms with Crippen LogP contribution in [0.1, 0.15) is 26.3 Å². The number of hydrogen-bond acceptors (Lipinski definition) is 4. The van der Waals surface area contributed by atoms with Crippen molar-refractivity contribution < 1.29 is 23.5 Å². The lowest BCUT2D eigenvalue weighted by atomic mass is 10.1. The molecule has 148 valence electrons. The van der Waals surface area contributed by atoms with E-state index in [4.69, 9.17) is 32.7 Å². The van der Waals surface area contributed by atoms with Gasteiger partial charge in [0, 0.05) is 10.6 Å². The summed E-state index contributed by atoms with van der Waals surface area (Å²) in [5, 5.41) is 0.571. The number of esters is 1. The van der Waals surface area contributed by atoms with E-state index in [0.717, 1.165) is 5.56 Å². The number of halogens is 3. The van der Waals surface area contributed by atoms with E-state index in [9.17, 15) is 14.0 Å². The van der Waals surface area contributed by atoms with Crippen LogP contribution in [0.15, 0.2) is 66.7 Å². The van der Waals surface area contributed by atoms with E-state index in [2.05, 4.69) is 0 Å². The molecular formula is C22H15Cl2FO4. The zero-order valence-electron chi connectivity index (χ0n) is 15.0. The van der Waals surface area contributed by atoms with Crippen molar-refractivity contribution in [1.82, 2.24) is 0 Å². The number of Topliss-reactive ketones (excluding diaryl/α,β-unsaturated/α-hetero) is 1. The van der Waals surface area contributed by atoms with E-state index in [1.54, 1.807) is 36.4 Å². The van der Waals surface area contributed by atoms with Gasteiger partial charge in [-0.25, -0.2) is 9.18 Å². The molecule has 0 spiro atoms. The van der Waals surface area contributed by atoms with Gasteiger partial charge < -0.3 is 9.47 Å². The van der Waals surface area contributed by atoms with E-state index < -0.39 is 18.4 Å². The zero-order chi connectivity index (χ0) is 20.8. The first-order chi connectivity index (χ1) is 13.9. The van der Waals surface area contributed by atoms with Gasteiger partial charge in [0.25, 0.3) is 0 Å². The Morgan fingerprint density at radius 3 is 2.38 bits per heavy atom. The van der Waals surface area contributed by atoms with Crippen LogP contribution in [0.4, 0.5) is 4.39 Å². The summed E-state index contributed by atoms with van der Waals surface area (Å²) in [5.41, 5.74) is 1.08. The minimum Gasteiger partial charge on any atom is -0.488 e. The van der Waals surface area contributed by atoms with Crippen molar-refractivity contribution in [3.63, 3.8) is 0 Å². The Morgan fingerprint density at radius 2 is 1.62 bits per heavy atom. The van der Waals surface area contributed by atoms with E-state index in [1.165, 1.54) is 30.3 Å². The van der Waals surface area contributed by atoms with Gasteiger partial charge in [0.1, 0.15) is 23.7 Å². The van der Waals surface area contributed by atoms with Gasteiger partial charge in [0.05, 0.1) is 5.02 Å². The van der Waals surface area contributed by atoms with Gasteiger partial charge in [0.15, 0.2) is 6.61 Å². The molecule has 0 radical (unpaired) electrons. The summed E-state index contributed by atoms with van der Waals surface area (Å²) in [4.78, 5) is 24.7. The molecule has 0 saturated heterocycles. The average Bonchev–Trinajstić information content (AvgIpc) is 2.73. The first kappa shape index (κ1) is 20.8. The standard InChI is InChI=1S/C22H15Cl2FO4/c23-15-7-10-19(24)18(11-15)20(26)13-29-22(27)17-3-1-2-4-21(17)28-12-14-5-8-16(25)9-6-14/h1-11H,12-13H2. The number of hydrogen-bond donors (Lipinski definition) is 0. The maximum Gasteiger partial charge on any atom is 0.342 e. The van der Waals surface area contributed by atoms with Crippen LogP contribution >= 0.6 is 23.2 Å². The molecule has 0 aliphatic rings. The molecule has 0 atom stereocenters. The quantitative estimate of drug-likeness (QED) is 0.352. The number of carbonyl (C=O) groups excluding carboxylic acids is 2. The molecule has 4 nitrogen and oxygen atoms in total. The molecule has 0 saturated carbocycles. The molecule has 0 unspecified atom stereocenters. The molecule has 3 aromatic carbocycles. The molecule has 0 amide bonds. The Hall–Kier alpha value is -2.89. The maximum atomic E-state index is 13.0. The molecule has 0 aromatic heterocycles. The van der Waals surface area contributed by atoms with Gasteiger partial charge >= 0.3 is 5.97 Å². The highest BCUT2D eigenvalue weighted by Gasteiger charge is 2.18. The number of carbonyl (C=O) groups is 2. The third-order valence-electron chi connectivity index (χ3n) is 3.98. The SMILES string of the molecule is O=C(COC(=O)c1ccccc1OCc1ccc(F)cc1)c1cc(Cl)ccc1Cl. The van der Waals surface area contributed by atoms with Gasteiger partial charge in [-0.3, -0.25) is 4.79 Å². The molecule has 0 heterocycles. The molecule has 0 bridgehead atoms. The fourth-order valence-electron chi connectivity index (χ4n) is 2.50. The highest BCUT2D eigenvalue weighted by Crippen LogP contribution is 2.23. The molecule has 3 aromatic rings. The van der Waals surface area contributed by atoms with E-state index >= 15 is 0 Å². The normalized spacial score (nSPS) is 10.4. The van der Waals surface area contributed by atoms with Gasteiger partial charge in [-0.1, -0.05) is 47.5 Å². The summed E-state index contributed by atoms with van der Waals surface area (Å²) in [6, 6.07) is 16.8. The second-order valence-corrected chi connectivity index (χ2v) is 6.88. The predicted molar refractivity (Wildman–Crippen MR) is 108 cm³/mol. The van der Waals surface area contributed by atoms with Crippen LogP contribution < -0.4 is 4.74 Å². The molecule has 0 aliphatic heterocycles. The fraction of sp³-hybridized carbons (Fsp3) is 0.0909. The Bertz CT molecular complexity index is 1040. The van der Waals surface area contributed by atoms with Gasteiger partial charge in [-0.15, -0.1) is 0 Å². The van der Waals surface area contributed by atoms with Crippen LogP contribution in [-0.2, 0) is 11.3 Å². The Balaban J connectivity index is 1.65. The number of ketones is 1. The summed E-state index contributed by atoms with van der Waals surface area (Å²) in [7, 11) is 0. The van der Waals surface area contributed by atoms with Gasteiger partial charge in [-0.2, -0.15) is 0 Å². The zero-order valence-corrected chi connectivity index (χ0v) is 16.5. The van der Waals surface area contributed by atoms with Crippen molar-refractivity contribution in [2.24, 2.45) is 0 Å². The van der Waals surface area contributed by atoms with E-state index in [-0.39, 0.29) is 34.3 Å². The number of benzene rings is 3. The van der Waals surface area contributed by atoms with Crippen LogP contribution in [0.2, 0.25) is 10.0 Å². The number of ether oxygens (including phenoxy) is 2. The summed E-state index contributed by atoms with van der Waals surface area (Å²) >= 11 is 11.9. The van der Waals surface area contributed by atoms with Crippen LogP contribution in [0.25, 0.3) is 0 Å². The van der Waals surface area contributed by atoms with E-state index in [0.29, 0.717) is 5.02 Å². The van der Waals surface area contributed by atoms with Crippen molar-refractivity contribution in [1.29, 1.82) is 0 Å². The average molecular weight is 433 g/mol. The minimum absolute atomic E-state index is 0.141. The van der Waals surface area contributed by atoms with Gasteiger partial charge in [0.2, 0.25) is 5.78 Å². The topological polar surface area (TPSA) is 52.6 Å². The summed E-state index contributed by atoms with van der Waals surface area (Å²) < 4.78 is 23.8. The van der Waals surface area contributed by atoms with Crippen LogP contribution in [0, 0.1) is 5.82 Å². The van der Waals surface area contributed by atoms with Gasteiger partial charge in [-0.05, 0) is 48.0 Å². The maximum absolute atomic E-state index is 13.0. The summed E-state index contributed by atoms with van der Waals surface area (Å²) in [6.45, 7) is -0.354. The van der Waals surface area contributed by atoms with Crippen molar-refractivity contribution in [3.8, 4) is 5.75 Å². The molecule has 29 heavy (non-hydrogen) atoms. The molecule has 0 aliphatic carbocycles. The number of para-hydroxylation sites is 1. The third kappa shape index (κ3) is 5.56. The van der Waals surface area contributed by atoms with Crippen molar-refractivity contribution >= 4 is 35.0 Å². The smallest absolute Gasteiger partial charge is 0.342 e. The van der Waals surface area contributed by atoms with Crippen LogP contribution in [0.5, 0.6) is 5.75 Å². The minimum atomic E-state index is -0.716. The second-order valence-electron chi connectivity index (χ2n) is 6.03. The third-order valence-corrected chi connectivity index (χ3v) is 4.54. The first-order valence-electron chi connectivity index (χ1n) is 8.55. The largest absolute Gasteiger partial charge is 0.488 e. The summed E-state index contributed by atoms with van der Waals surface area (Å²) in [6.07, 6.45) is 0. The molecule has 3 rings (SSSR count). The fourth-order valence-corrected chi connectivity index (χ4v) is 2.90. The predicted octanol–water partition coefficient (Wildman–Crippen LogP) is 5.75. The highest BCUT2D eigenvalue weighted by molar-refractivity contribution is 6.36. The Kier molecular flexibility index (Phi) is 6.86. The van der Waals surface area contributed by atoms with Crippen molar-refractivity contribution in [2.45, 2.75) is 6.61 Å². The second kappa shape index (κ2) is 9.54. The first-order valence-corrected chi connectivity index (χ1v) is 9.31. The number of rotatable bonds is 7. The van der Waals surface area contributed by atoms with Crippen molar-refractivity contribution in [2.75, 3.05) is 6.61 Å². The molecular weight excluding hydrogens is 418 g/mol. The van der Waals surface area contributed by atoms with E-state index in [1.807, 2.05) is 0 Å². The summed E-state index contributed by atoms with van der Waals surface area (Å²) in [5.74, 6) is -1.25. The van der Waals surface area contributed by atoms with Crippen molar-refractivity contribution in [3.05, 3.63) is 99.3 Å². The molecule has 7 heteroatoms. The Morgan fingerprint density at radius 1 is 0.897 bits per heavy atom. The Labute approximate surface area is 176 Å². The lowest BCUT2D eigenvalue weighted by Gasteiger charge is -2.11. The lowest BCUT2D eigenvalue weighted by molar-refractivity contribution is 0.0470. The van der Waals surface area contributed by atoms with Crippen LogP contribution in [0.3, 0.4) is 0 Å². The monoisotopic (exact) mass is 432 g/mol. The molecule has 0 N–H and O–H groups in total. The lowest BCUT2D eigenvalue weighted by Crippen LogP contribution is -2.15. The highest BCUT2D eigenvalue weighted by atomic mass is 35.5. The van der Waals surface area contributed by atoms with Crippen LogP contribution in [-0.4, -0.2) is 18.4 Å².